The Bertz CT molecular complexity index is 473. The van der Waals surface area contributed by atoms with Gasteiger partial charge in [-0.2, -0.15) is 0 Å². The minimum atomic E-state index is -3.54. The highest BCUT2D eigenvalue weighted by molar-refractivity contribution is 4.82. The van der Waals surface area contributed by atoms with E-state index in [0.29, 0.717) is 20.8 Å². The van der Waals surface area contributed by atoms with E-state index in [0.717, 1.165) is 0 Å². The topological polar surface area (TPSA) is 0 Å². The maximum absolute atomic E-state index is 8.22. The first-order chi connectivity index (χ1) is 10.0. The quantitative estimate of drug-likeness (QED) is 0.583. The summed E-state index contributed by atoms with van der Waals surface area (Å²) in [6, 6.07) is 0. The molecule has 0 heteroatoms. The zero-order chi connectivity index (χ0) is 20.0. The van der Waals surface area contributed by atoms with Gasteiger partial charge in [0.05, 0.1) is 0 Å². The van der Waals surface area contributed by atoms with Crippen LogP contribution in [0.2, 0.25) is 0 Å². The van der Waals surface area contributed by atoms with Gasteiger partial charge in [0, 0.05) is 17.8 Å². The minimum Gasteiger partial charge on any atom is -0.0649 e. The van der Waals surface area contributed by atoms with Crippen molar-refractivity contribution in [1.82, 2.24) is 0 Å². The zero-order valence-corrected chi connectivity index (χ0v) is 7.00. The van der Waals surface area contributed by atoms with Gasteiger partial charge in [0.2, 0.25) is 0 Å². The van der Waals surface area contributed by atoms with E-state index in [1.165, 1.54) is 0 Å². The highest BCUT2D eigenvalue weighted by atomic mass is 14.4. The second-order valence-corrected chi connectivity index (χ2v) is 2.38. The van der Waals surface area contributed by atoms with Crippen LogP contribution < -0.4 is 0 Å². The van der Waals surface area contributed by atoms with E-state index >= 15 is 0 Å². The molecule has 0 radical (unpaired) electrons. The van der Waals surface area contributed by atoms with Gasteiger partial charge >= 0.3 is 0 Å². The predicted octanol–water partition coefficient (Wildman–Crippen LogP) is 4.00. The Labute approximate surface area is 89.6 Å². The van der Waals surface area contributed by atoms with Crippen molar-refractivity contribution in [3.63, 3.8) is 0 Å². The third-order valence-electron chi connectivity index (χ3n) is 1.62. The van der Waals surface area contributed by atoms with Crippen molar-refractivity contribution >= 4 is 0 Å². The molecule has 0 N–H and O–H groups in total. The van der Waals surface area contributed by atoms with Crippen LogP contribution in [0.1, 0.15) is 76.8 Å². The molecule has 0 unspecified atom stereocenters. The van der Waals surface area contributed by atoms with Crippen LogP contribution in [0.5, 0.6) is 0 Å². The molecule has 11 heavy (non-hydrogen) atoms. The smallest absolute Gasteiger partial charge is 0.0300 e. The molecule has 0 heterocycles. The van der Waals surface area contributed by atoms with Crippen LogP contribution in [-0.2, 0) is 0 Å². The lowest BCUT2D eigenvalue weighted by Gasteiger charge is -2.38. The molecule has 1 aliphatic rings. The summed E-state index contributed by atoms with van der Waals surface area (Å²) in [5.74, 6) is -2.94. The Morgan fingerprint density at radius 2 is 1.91 bits per heavy atom. The molecule has 1 rings (SSSR count). The average Bonchev–Trinajstić information content (AvgIpc) is 2.21. The Morgan fingerprint density at radius 3 is 2.27 bits per heavy atom. The number of hydrogen-bond acceptors (Lipinski definition) is 0. The second kappa shape index (κ2) is 3.60. The van der Waals surface area contributed by atoms with E-state index in [-0.39, 0.29) is 0 Å². The normalized spacial score (nSPS) is 66.6. The van der Waals surface area contributed by atoms with Crippen LogP contribution in [0.15, 0.2) is 0 Å². The Balaban J connectivity index is 4.23. The fraction of sp³-hybridized carbons (Fsp3) is 1.00. The third-order valence-corrected chi connectivity index (χ3v) is 1.62. The number of hydrogen-bond donors (Lipinski definition) is 0. The molecule has 0 aromatic rings. The predicted molar refractivity (Wildman–Crippen MR) is 50.6 cm³/mol. The lowest BCUT2D eigenvalue weighted by molar-refractivity contribution is 0.143. The van der Waals surface area contributed by atoms with Crippen LogP contribution >= 0.6 is 0 Å². The van der Waals surface area contributed by atoms with Gasteiger partial charge in [0.15, 0.2) is 0 Å². The molecule has 0 saturated heterocycles. The SMILES string of the molecule is [2H]C([2H])(C)C1(C([2H])([2H])C)C([2H])([2H])C([2H])([2H])C([2H])(C)C([2H])([2H])C1([2H])[2H]. The largest absolute Gasteiger partial charge is 0.0649 e. The Hall–Kier alpha value is 0. The molecule has 0 amide bonds. The summed E-state index contributed by atoms with van der Waals surface area (Å²) in [5.41, 5.74) is -3.37. The van der Waals surface area contributed by atoms with E-state index in [2.05, 4.69) is 0 Å². The molecule has 1 saturated carbocycles. The van der Waals surface area contributed by atoms with Gasteiger partial charge in [-0.25, -0.2) is 0 Å². The van der Waals surface area contributed by atoms with Gasteiger partial charge in [0.1, 0.15) is 0 Å². The molecular weight excluding hydrogens is 132 g/mol. The fourth-order valence-corrected chi connectivity index (χ4v) is 0.812. The molecule has 66 valence electrons. The van der Waals surface area contributed by atoms with Crippen molar-refractivity contribution in [2.45, 2.75) is 59.0 Å². The molecule has 0 nitrogen and oxygen atoms in total. The molecule has 1 fully saturated rings. The van der Waals surface area contributed by atoms with E-state index < -0.39 is 49.5 Å². The summed E-state index contributed by atoms with van der Waals surface area (Å²) in [4.78, 5) is 0. The number of rotatable bonds is 2. The van der Waals surface area contributed by atoms with Crippen molar-refractivity contribution in [2.24, 2.45) is 11.3 Å². The molecule has 0 aliphatic heterocycles. The van der Waals surface area contributed by atoms with Gasteiger partial charge in [-0.3, -0.25) is 0 Å². The van der Waals surface area contributed by atoms with Crippen LogP contribution in [0.25, 0.3) is 0 Å². The van der Waals surface area contributed by atoms with E-state index in [4.69, 9.17) is 17.8 Å². The van der Waals surface area contributed by atoms with Gasteiger partial charge in [-0.1, -0.05) is 46.3 Å². The van der Waals surface area contributed by atoms with Crippen molar-refractivity contribution in [1.29, 1.82) is 0 Å². The van der Waals surface area contributed by atoms with Crippen molar-refractivity contribution in [3.8, 4) is 0 Å². The summed E-state index contributed by atoms with van der Waals surface area (Å²) in [7, 11) is 0. The van der Waals surface area contributed by atoms with E-state index in [9.17, 15) is 0 Å². The maximum Gasteiger partial charge on any atom is 0.0300 e. The van der Waals surface area contributed by atoms with Crippen LogP contribution in [0, 0.1) is 11.3 Å². The average molecular weight is 167 g/mol. The molecule has 1 aliphatic carbocycles. The molecular formula is C11H22. The Kier molecular flexibility index (Phi) is 0.625. The lowest BCUT2D eigenvalue weighted by Crippen LogP contribution is -2.25. The second-order valence-electron chi connectivity index (χ2n) is 2.38. The summed E-state index contributed by atoms with van der Waals surface area (Å²) in [6.07, 6.45) is -19.8. The highest BCUT2D eigenvalue weighted by Crippen LogP contribution is 2.43. The van der Waals surface area contributed by atoms with Crippen LogP contribution in [0.3, 0.4) is 0 Å². The van der Waals surface area contributed by atoms with Crippen molar-refractivity contribution < 1.29 is 17.8 Å². The molecule has 0 bridgehead atoms. The summed E-state index contributed by atoms with van der Waals surface area (Å²) < 4.78 is 105. The standard InChI is InChI=1S/C11H22/c1-4-11(5-2)8-6-10(3)7-9-11/h10H,4-9H2,1-3H3/i4D2,5D2,6D2,7D2,8D2,9D2,10D. The van der Waals surface area contributed by atoms with Gasteiger partial charge in [-0.05, 0) is 24.1 Å². The first-order valence-electron chi connectivity index (χ1n) is 10.0. The summed E-state index contributed by atoms with van der Waals surface area (Å²) in [5, 5.41) is 0. The van der Waals surface area contributed by atoms with E-state index in [1.54, 1.807) is 0 Å². The fourth-order valence-electron chi connectivity index (χ4n) is 0.812. The minimum absolute atomic E-state index is 0.711. The molecule has 0 atom stereocenters. The zero-order valence-electron chi connectivity index (χ0n) is 20.0. The molecule has 0 spiro atoms. The summed E-state index contributed by atoms with van der Waals surface area (Å²) in [6.45, 7) is 2.13. The first kappa shape index (κ1) is 1.91. The maximum atomic E-state index is 8.22. The third kappa shape index (κ3) is 1.98. The molecule has 0 aromatic heterocycles. The van der Waals surface area contributed by atoms with Gasteiger partial charge < -0.3 is 0 Å². The summed E-state index contributed by atoms with van der Waals surface area (Å²) >= 11 is 0. The van der Waals surface area contributed by atoms with Gasteiger partial charge in [-0.15, -0.1) is 0 Å². The van der Waals surface area contributed by atoms with E-state index in [1.807, 2.05) is 0 Å². The first-order valence-corrected chi connectivity index (χ1v) is 3.50. The molecule has 0 aromatic carbocycles. The van der Waals surface area contributed by atoms with Crippen molar-refractivity contribution in [3.05, 3.63) is 0 Å². The van der Waals surface area contributed by atoms with Gasteiger partial charge in [0.25, 0.3) is 0 Å². The highest BCUT2D eigenvalue weighted by Gasteiger charge is 2.30. The van der Waals surface area contributed by atoms with Crippen molar-refractivity contribution in [2.75, 3.05) is 0 Å². The monoisotopic (exact) mass is 167 g/mol. The lowest BCUT2D eigenvalue weighted by atomic mass is 9.68. The Morgan fingerprint density at radius 1 is 1.45 bits per heavy atom. The van der Waals surface area contributed by atoms with Crippen LogP contribution in [-0.4, -0.2) is 0 Å². The van der Waals surface area contributed by atoms with Crippen LogP contribution in [0.4, 0.5) is 0 Å².